The SMILES string of the molecule is CC(N)C1CN(Cc2cc(-c3ccco3)on2)CCO1. The Morgan fingerprint density at radius 3 is 3.15 bits per heavy atom. The lowest BCUT2D eigenvalue weighted by molar-refractivity contribution is -0.0408. The summed E-state index contributed by atoms with van der Waals surface area (Å²) >= 11 is 0. The van der Waals surface area contributed by atoms with E-state index in [1.165, 1.54) is 0 Å². The molecule has 0 radical (unpaired) electrons. The molecule has 2 aromatic rings. The van der Waals surface area contributed by atoms with Crippen LogP contribution >= 0.6 is 0 Å². The Balaban J connectivity index is 1.63. The smallest absolute Gasteiger partial charge is 0.202 e. The molecule has 6 heteroatoms. The van der Waals surface area contributed by atoms with Crippen LogP contribution in [-0.4, -0.2) is 41.9 Å². The fourth-order valence-corrected chi connectivity index (χ4v) is 2.34. The first-order valence-electron chi connectivity index (χ1n) is 6.81. The number of nitrogens with two attached hydrogens (primary N) is 1. The summed E-state index contributed by atoms with van der Waals surface area (Å²) in [6, 6.07) is 5.63. The first-order chi connectivity index (χ1) is 9.72. The monoisotopic (exact) mass is 277 g/mol. The standard InChI is InChI=1S/C14H19N3O3/c1-10(15)14-9-17(4-6-19-14)8-11-7-13(20-16-11)12-3-2-5-18-12/h2-3,5,7,10,14H,4,6,8-9,15H2,1H3. The molecule has 2 atom stereocenters. The third kappa shape index (κ3) is 2.92. The van der Waals surface area contributed by atoms with Crippen LogP contribution in [0, 0.1) is 0 Å². The minimum Gasteiger partial charge on any atom is -0.461 e. The molecule has 20 heavy (non-hydrogen) atoms. The molecule has 3 rings (SSSR count). The third-order valence-electron chi connectivity index (χ3n) is 3.47. The number of morpholine rings is 1. The average Bonchev–Trinajstić information content (AvgIpc) is 3.09. The van der Waals surface area contributed by atoms with Crippen LogP contribution < -0.4 is 5.73 Å². The lowest BCUT2D eigenvalue weighted by Gasteiger charge is -2.34. The number of hydrogen-bond acceptors (Lipinski definition) is 6. The lowest BCUT2D eigenvalue weighted by Crippen LogP contribution is -2.49. The van der Waals surface area contributed by atoms with Crippen LogP contribution in [-0.2, 0) is 11.3 Å². The molecule has 2 aromatic heterocycles. The molecule has 0 saturated carbocycles. The summed E-state index contributed by atoms with van der Waals surface area (Å²) in [6.07, 6.45) is 1.70. The van der Waals surface area contributed by atoms with Gasteiger partial charge in [0.05, 0.1) is 24.7 Å². The van der Waals surface area contributed by atoms with E-state index < -0.39 is 0 Å². The quantitative estimate of drug-likeness (QED) is 0.912. The fraction of sp³-hybridized carbons (Fsp3) is 0.500. The molecule has 0 spiro atoms. The average molecular weight is 277 g/mol. The Labute approximate surface area is 117 Å². The van der Waals surface area contributed by atoms with E-state index >= 15 is 0 Å². The van der Waals surface area contributed by atoms with E-state index in [2.05, 4.69) is 10.1 Å². The minimum absolute atomic E-state index is 0.0359. The third-order valence-corrected chi connectivity index (χ3v) is 3.47. The number of furan rings is 1. The Bertz CT molecular complexity index is 536. The normalized spacial score (nSPS) is 22.0. The molecule has 1 aliphatic rings. The van der Waals surface area contributed by atoms with Gasteiger partial charge >= 0.3 is 0 Å². The molecule has 6 nitrogen and oxygen atoms in total. The molecule has 0 aliphatic carbocycles. The second-order valence-corrected chi connectivity index (χ2v) is 5.16. The van der Waals surface area contributed by atoms with Gasteiger partial charge in [-0.05, 0) is 19.1 Å². The maximum Gasteiger partial charge on any atom is 0.202 e. The van der Waals surface area contributed by atoms with Crippen molar-refractivity contribution in [2.45, 2.75) is 25.6 Å². The highest BCUT2D eigenvalue weighted by molar-refractivity contribution is 5.49. The molecule has 3 heterocycles. The number of aromatic nitrogens is 1. The van der Waals surface area contributed by atoms with Gasteiger partial charge in [0.2, 0.25) is 5.76 Å². The van der Waals surface area contributed by atoms with Crippen molar-refractivity contribution in [1.29, 1.82) is 0 Å². The van der Waals surface area contributed by atoms with Gasteiger partial charge in [-0.25, -0.2) is 0 Å². The Morgan fingerprint density at radius 2 is 2.40 bits per heavy atom. The number of ether oxygens (including phenoxy) is 1. The first-order valence-corrected chi connectivity index (χ1v) is 6.81. The van der Waals surface area contributed by atoms with Gasteiger partial charge in [-0.3, -0.25) is 4.90 Å². The van der Waals surface area contributed by atoms with Crippen molar-refractivity contribution in [3.05, 3.63) is 30.2 Å². The maximum atomic E-state index is 5.89. The van der Waals surface area contributed by atoms with Crippen molar-refractivity contribution in [1.82, 2.24) is 10.1 Å². The summed E-state index contributed by atoms with van der Waals surface area (Å²) in [4.78, 5) is 2.28. The predicted molar refractivity (Wildman–Crippen MR) is 72.9 cm³/mol. The van der Waals surface area contributed by atoms with Crippen molar-refractivity contribution >= 4 is 0 Å². The van der Waals surface area contributed by atoms with Gasteiger partial charge in [-0.1, -0.05) is 5.16 Å². The van der Waals surface area contributed by atoms with Gasteiger partial charge in [-0.2, -0.15) is 0 Å². The predicted octanol–water partition coefficient (Wildman–Crippen LogP) is 1.48. The Kier molecular flexibility index (Phi) is 3.86. The highest BCUT2D eigenvalue weighted by Gasteiger charge is 2.24. The first kappa shape index (κ1) is 13.4. The summed E-state index contributed by atoms with van der Waals surface area (Å²) in [7, 11) is 0. The van der Waals surface area contributed by atoms with Gasteiger partial charge < -0.3 is 19.4 Å². The van der Waals surface area contributed by atoms with E-state index in [4.69, 9.17) is 19.4 Å². The highest BCUT2D eigenvalue weighted by Crippen LogP contribution is 2.21. The van der Waals surface area contributed by atoms with Gasteiger partial charge in [0.25, 0.3) is 0 Å². The van der Waals surface area contributed by atoms with Crippen molar-refractivity contribution in [2.24, 2.45) is 5.73 Å². The largest absolute Gasteiger partial charge is 0.461 e. The van der Waals surface area contributed by atoms with E-state index in [9.17, 15) is 0 Å². The zero-order valence-corrected chi connectivity index (χ0v) is 11.5. The van der Waals surface area contributed by atoms with E-state index in [-0.39, 0.29) is 12.1 Å². The maximum absolute atomic E-state index is 5.89. The second kappa shape index (κ2) is 5.78. The molecule has 0 amide bonds. The summed E-state index contributed by atoms with van der Waals surface area (Å²) in [5.74, 6) is 1.35. The molecule has 0 aromatic carbocycles. The lowest BCUT2D eigenvalue weighted by atomic mass is 10.1. The van der Waals surface area contributed by atoms with Crippen molar-refractivity contribution in [2.75, 3.05) is 19.7 Å². The molecule has 0 bridgehead atoms. The summed E-state index contributed by atoms with van der Waals surface area (Å²) in [6.45, 7) is 5.11. The molecular weight excluding hydrogens is 258 g/mol. The minimum atomic E-state index is 0.0359. The number of hydrogen-bond donors (Lipinski definition) is 1. The fourth-order valence-electron chi connectivity index (χ4n) is 2.34. The van der Waals surface area contributed by atoms with Crippen LogP contribution in [0.4, 0.5) is 0 Å². The van der Waals surface area contributed by atoms with E-state index in [1.54, 1.807) is 6.26 Å². The van der Waals surface area contributed by atoms with Crippen LogP contribution in [0.3, 0.4) is 0 Å². The number of rotatable bonds is 4. The van der Waals surface area contributed by atoms with Crippen LogP contribution in [0.5, 0.6) is 0 Å². The van der Waals surface area contributed by atoms with Crippen molar-refractivity contribution in [3.8, 4) is 11.5 Å². The zero-order chi connectivity index (χ0) is 13.9. The molecule has 2 unspecified atom stereocenters. The van der Waals surface area contributed by atoms with Gasteiger partial charge in [0.15, 0.2) is 5.76 Å². The van der Waals surface area contributed by atoms with Crippen LogP contribution in [0.1, 0.15) is 12.6 Å². The van der Waals surface area contributed by atoms with Crippen LogP contribution in [0.15, 0.2) is 33.4 Å². The van der Waals surface area contributed by atoms with E-state index in [1.807, 2.05) is 25.1 Å². The molecule has 1 fully saturated rings. The van der Waals surface area contributed by atoms with Gasteiger partial charge in [0, 0.05) is 31.7 Å². The summed E-state index contributed by atoms with van der Waals surface area (Å²) in [5.41, 5.74) is 6.78. The van der Waals surface area contributed by atoms with E-state index in [0.29, 0.717) is 18.1 Å². The van der Waals surface area contributed by atoms with Crippen LogP contribution in [0.25, 0.3) is 11.5 Å². The molecule has 1 aliphatic heterocycles. The molecule has 108 valence electrons. The van der Waals surface area contributed by atoms with Crippen molar-refractivity contribution in [3.63, 3.8) is 0 Å². The molecular formula is C14H19N3O3. The van der Waals surface area contributed by atoms with Gasteiger partial charge in [-0.15, -0.1) is 0 Å². The second-order valence-electron chi connectivity index (χ2n) is 5.16. The van der Waals surface area contributed by atoms with Crippen LogP contribution in [0.2, 0.25) is 0 Å². The molecule has 2 N–H and O–H groups in total. The summed E-state index contributed by atoms with van der Waals surface area (Å²) in [5, 5.41) is 4.09. The topological polar surface area (TPSA) is 77.7 Å². The van der Waals surface area contributed by atoms with Gasteiger partial charge in [0.1, 0.15) is 0 Å². The summed E-state index contributed by atoms with van der Waals surface area (Å²) < 4.78 is 16.2. The Morgan fingerprint density at radius 1 is 1.50 bits per heavy atom. The highest BCUT2D eigenvalue weighted by atomic mass is 16.5. The van der Waals surface area contributed by atoms with E-state index in [0.717, 1.165) is 25.3 Å². The number of nitrogens with zero attached hydrogens (tertiary/aromatic N) is 2. The molecule has 1 saturated heterocycles. The zero-order valence-electron chi connectivity index (χ0n) is 11.5. The van der Waals surface area contributed by atoms with Crippen molar-refractivity contribution < 1.29 is 13.7 Å². The Hall–Kier alpha value is -1.63.